The van der Waals surface area contributed by atoms with Gasteiger partial charge in [-0.2, -0.15) is 48.3 Å². The first-order valence-corrected chi connectivity index (χ1v) is 49.7. The number of H-pyrrole nitrogens is 4. The highest BCUT2D eigenvalue weighted by molar-refractivity contribution is 9.18. The molecule has 7 aromatic heterocycles. The van der Waals surface area contributed by atoms with E-state index < -0.39 is 39.4 Å². The predicted molar refractivity (Wildman–Crippen MR) is 565 cm³/mol. The molecule has 44 heteroatoms. The molecular weight excluding hydrogens is 2130 g/mol. The van der Waals surface area contributed by atoms with Gasteiger partial charge in [-0.25, -0.2) is 46.7 Å². The molecule has 37 nitrogen and oxygen atoms in total. The summed E-state index contributed by atoms with van der Waals surface area (Å²) in [5, 5.41) is 3.97. The number of nitrogens with one attached hydrogen (secondary N) is 5. The lowest BCUT2D eigenvalue weighted by atomic mass is 9.87. The molecule has 788 valence electrons. The Bertz CT molecular complexity index is 7710. The number of hydrogen-bond donors (Lipinski definition) is 5. The number of carbonyl (C=O) groups excluding carboxylic acids is 8. The van der Waals surface area contributed by atoms with Crippen molar-refractivity contribution < 1.29 is 55.9 Å². The third-order valence-corrected chi connectivity index (χ3v) is 26.4. The van der Waals surface area contributed by atoms with E-state index in [4.69, 9.17) is 48.3 Å². The molecule has 18 rings (SSSR count). The van der Waals surface area contributed by atoms with Gasteiger partial charge in [-0.3, -0.25) is 81.2 Å². The van der Waals surface area contributed by atoms with Gasteiger partial charge in [0.25, 0.3) is 22.2 Å². The highest BCUT2D eigenvalue weighted by Crippen LogP contribution is 2.32. The van der Waals surface area contributed by atoms with Crippen LogP contribution in [0.5, 0.6) is 0 Å². The Labute approximate surface area is 878 Å². The monoisotopic (exact) mass is 2240 g/mol. The summed E-state index contributed by atoms with van der Waals surface area (Å²) in [6.07, 6.45) is 1.46. The molecule has 11 heterocycles. The molecule has 0 saturated carbocycles. The van der Waals surface area contributed by atoms with Crippen LogP contribution in [0.2, 0.25) is 0 Å². The third-order valence-electron chi connectivity index (χ3n) is 24.8. The summed E-state index contributed by atoms with van der Waals surface area (Å²) in [7, 11) is 6.24. The Balaban J connectivity index is 0.000000204. The maximum absolute atomic E-state index is 14.8. The minimum atomic E-state index is -0.552. The molecule has 0 spiro atoms. The van der Waals surface area contributed by atoms with Gasteiger partial charge in [-0.15, -0.1) is 0 Å². The molecule has 0 unspecified atom stereocenters. The molecule has 0 amide bonds. The number of halogens is 7. The number of fused-ring (bicyclic) bond motifs is 4. The van der Waals surface area contributed by atoms with Crippen LogP contribution in [0.3, 0.4) is 0 Å². The van der Waals surface area contributed by atoms with Gasteiger partial charge < -0.3 is 19.7 Å². The number of alkyl halides is 1. The lowest BCUT2D eigenvalue weighted by Gasteiger charge is -2.35. The van der Waals surface area contributed by atoms with Crippen LogP contribution in [0.1, 0.15) is 140 Å². The number of benzene rings is 7. The third kappa shape index (κ3) is 31.8. The van der Waals surface area contributed by atoms with E-state index >= 15 is 0 Å². The summed E-state index contributed by atoms with van der Waals surface area (Å²) >= 11 is 9.65. The van der Waals surface area contributed by atoms with E-state index in [2.05, 4.69) is 243 Å². The van der Waals surface area contributed by atoms with Crippen LogP contribution >= 0.6 is 47.8 Å². The van der Waals surface area contributed by atoms with Gasteiger partial charge >= 0.3 is 47.4 Å². The smallest absolute Gasteiger partial charge is 0.340 e. The fourth-order valence-electron chi connectivity index (χ4n) is 16.5. The molecule has 3 saturated heterocycles. The maximum Gasteiger partial charge on any atom is 0.373 e. The topological polar surface area (TPSA) is 450 Å². The summed E-state index contributed by atoms with van der Waals surface area (Å²) in [5.41, 5.74) is 11.3. The molecule has 4 aliphatic heterocycles. The Morgan fingerprint density at radius 2 is 0.658 bits per heavy atom. The first kappa shape index (κ1) is 118. The van der Waals surface area contributed by atoms with Crippen LogP contribution < -0.4 is 60.1 Å². The van der Waals surface area contributed by atoms with Crippen LogP contribution in [0.4, 0.5) is 35.3 Å². The maximum atomic E-state index is 14.8. The molecule has 14 aromatic rings. The van der Waals surface area contributed by atoms with Crippen LogP contribution in [0, 0.1) is 44.0 Å². The van der Waals surface area contributed by atoms with Crippen molar-refractivity contribution in [3.8, 4) is 0 Å². The van der Waals surface area contributed by atoms with E-state index in [1.165, 1.54) is 101 Å². The molecule has 5 N–H and O–H groups in total. The molecular formula is C105H118Br3F4N21O16. The Kier molecular flexibility index (Phi) is 42.7. The lowest BCUT2D eigenvalue weighted by molar-refractivity contribution is -0.193. The largest absolute Gasteiger partial charge is 0.373 e. The van der Waals surface area contributed by atoms with Crippen LogP contribution in [0.25, 0.3) is 33.5 Å². The molecule has 0 radical (unpaired) electrons. The van der Waals surface area contributed by atoms with E-state index in [1.807, 2.05) is 26.0 Å². The zero-order valence-electron chi connectivity index (χ0n) is 85.4. The Morgan fingerprint density at radius 3 is 0.993 bits per heavy atom. The van der Waals surface area contributed by atoms with Crippen molar-refractivity contribution >= 4 is 128 Å². The molecule has 0 atom stereocenters. The van der Waals surface area contributed by atoms with Gasteiger partial charge in [-0.05, 0) is 149 Å². The normalized spacial score (nSPS) is 13.4. The van der Waals surface area contributed by atoms with Crippen LogP contribution in [0.15, 0.2) is 200 Å². The van der Waals surface area contributed by atoms with Gasteiger partial charge in [0.2, 0.25) is 11.9 Å². The van der Waals surface area contributed by atoms with Crippen molar-refractivity contribution in [3.05, 3.63) is 341 Å². The zero-order valence-corrected chi connectivity index (χ0v) is 90.2. The van der Waals surface area contributed by atoms with Crippen molar-refractivity contribution in [1.29, 1.82) is 0 Å². The minimum Gasteiger partial charge on any atom is -0.340 e. The summed E-state index contributed by atoms with van der Waals surface area (Å²) in [6.45, 7) is 39.5. The SMILES string of the molecule is CC(C)(C)c1ccc(CN2CCNCC2)cc1.Cc1ccc(CBr)c(F)c1.Cc1ccc(Cn2c(Br)nc3c2c(=O)[nH]c(=O)n3C)c(F)c1.Cc1ccc(Cn2c(N3CCN(Cc4ccc(C(C)(C)C)cc4)CC3)nc3c2c(=O)[nH]c(=O)n3C)c(F)c1.Cn1c(=O)[nH]c(=O)c2c1nc(N1CCN(Cc3ccc(C(C)(C)C)cc3)CC1)n2Cc1ccccc1F.Cn1c2c(c(=O)[nH]c1=O)CC(Br)=N2.O=C=O.O=C=O.O=C=O.O=C=O. The molecule has 149 heavy (non-hydrogen) atoms. The van der Waals surface area contributed by atoms with Crippen molar-refractivity contribution in [2.75, 3.05) is 88.3 Å². The quantitative estimate of drug-likeness (QED) is 0.0361. The second-order valence-corrected chi connectivity index (χ2v) is 40.6. The number of imidazole rings is 3. The van der Waals surface area contributed by atoms with Gasteiger partial charge in [0, 0.05) is 155 Å². The standard InChI is InChI=1S/C29H35FN6O2.C28H33FN6O2.C15H24N2.C14H12BrFN4O2.C8H8BrF.C7H6BrN3O2.4CO2/c1-19-6-9-21(23(30)16-19)18-36-24-25(33(5)28(38)32-26(24)37)31-27(36)35-14-12-34(13-15-35)17-20-7-10-22(11-8-20)29(2,3)4;1-28(2,3)21-11-9-19(10-12-21)17-33-13-15-34(16-14-33)26-30-24-23(25(36)31-27(37)32(24)4)35(26)18-20-7-5-6-8-22(20)29;1-15(2,3)14-6-4-13(5-7-14)12-17-10-8-16-9-11-17;1-7-3-4-8(9(16)5-7)6-20-10-11(17-13(20)15)19(2)14(22)18-12(10)21;1-6-2-3-7(5-9)8(10)4-6;1-11-5-3(2-4(8)9-5)6(12)10-7(11)13;4*2-1-3/h6-11,16H,12-15,17-18H2,1-5H3,(H,32,37,38);5-12H,13-18H2,1-4H3,(H,31,36,37);4-7,16H,8-12H2,1-3H3;3-5H,6H2,1-2H3,(H,18,21,22);2-4H,5H2,1H3;2H2,1H3,(H,10,12,13);;;;. The van der Waals surface area contributed by atoms with Crippen molar-refractivity contribution in [2.45, 2.75) is 150 Å². The van der Waals surface area contributed by atoms with E-state index in [0.717, 1.165) is 75.6 Å². The fraction of sp³-hybridized carbons (Fsp3) is 0.371. The first-order valence-electron chi connectivity index (χ1n) is 47.0. The van der Waals surface area contributed by atoms with Crippen LogP contribution in [-0.4, -0.2) is 189 Å². The number of aromatic nitrogens is 14. The van der Waals surface area contributed by atoms with Gasteiger partial charge in [-0.1, -0.05) is 206 Å². The highest BCUT2D eigenvalue weighted by atomic mass is 79.9. The van der Waals surface area contributed by atoms with Gasteiger partial charge in [0.05, 0.1) is 29.8 Å². The average Bonchev–Trinajstić information content (AvgIpc) is 1.59. The number of hydrogen-bond acceptors (Lipinski definition) is 26. The average molecular weight is 2250 g/mol. The van der Waals surface area contributed by atoms with Gasteiger partial charge in [0.1, 0.15) is 29.1 Å². The van der Waals surface area contributed by atoms with Crippen molar-refractivity contribution in [3.63, 3.8) is 0 Å². The number of nitrogens with zero attached hydrogens (tertiary/aromatic N) is 16. The summed E-state index contributed by atoms with van der Waals surface area (Å²) in [5.74, 6) is 0.424. The van der Waals surface area contributed by atoms with Gasteiger partial charge in [0.15, 0.2) is 38.2 Å². The predicted octanol–water partition coefficient (Wildman–Crippen LogP) is 11.6. The molecule has 3 fully saturated rings. The summed E-state index contributed by atoms with van der Waals surface area (Å²) in [4.78, 5) is 200. The Morgan fingerprint density at radius 1 is 0.356 bits per heavy atom. The number of aliphatic imine (C=N–C) groups is 1. The number of rotatable bonds is 15. The molecule has 0 bridgehead atoms. The minimum absolute atomic E-state index is 0.127. The van der Waals surface area contributed by atoms with E-state index in [9.17, 15) is 55.9 Å². The Hall–Kier alpha value is -14.5. The fourth-order valence-corrected chi connectivity index (χ4v) is 17.9. The van der Waals surface area contributed by atoms with E-state index in [0.29, 0.717) is 104 Å². The number of anilines is 2. The van der Waals surface area contributed by atoms with Crippen LogP contribution in [-0.2, 0) is 134 Å². The number of piperazine rings is 3. The molecule has 7 aromatic carbocycles. The number of aryl methyl sites for hydroxylation is 6. The second kappa shape index (κ2) is 53.9. The van der Waals surface area contributed by atoms with E-state index in [-0.39, 0.29) is 112 Å². The zero-order chi connectivity index (χ0) is 110. The lowest BCUT2D eigenvalue weighted by Crippen LogP contribution is -2.47. The van der Waals surface area contributed by atoms with E-state index in [1.54, 1.807) is 79.7 Å². The molecule has 0 aliphatic carbocycles. The summed E-state index contributed by atoms with van der Waals surface area (Å²) < 4.78 is 67.5. The summed E-state index contributed by atoms with van der Waals surface area (Å²) in [6, 6.07) is 48.5. The van der Waals surface area contributed by atoms with Crippen molar-refractivity contribution in [2.24, 2.45) is 33.2 Å². The number of aromatic amines is 4. The second-order valence-electron chi connectivity index (χ2n) is 38.5. The first-order chi connectivity index (χ1) is 70.5. The van der Waals surface area contributed by atoms with Crippen molar-refractivity contribution in [1.82, 2.24) is 86.9 Å². The molecule has 4 aliphatic rings. The highest BCUT2D eigenvalue weighted by Gasteiger charge is 2.31.